The zero-order chi connectivity index (χ0) is 28.7. The van der Waals surface area contributed by atoms with Crippen LogP contribution in [0.15, 0.2) is 97.1 Å². The van der Waals surface area contributed by atoms with E-state index in [1.54, 1.807) is 84.9 Å². The monoisotopic (exact) mass is 558 g/mol. The molecule has 206 valence electrons. The minimum Gasteiger partial charge on any atom is -0.295 e. The number of benzene rings is 3. The van der Waals surface area contributed by atoms with Gasteiger partial charge in [0, 0.05) is 0 Å². The first kappa shape index (κ1) is 26.9. The first-order valence-corrected chi connectivity index (χ1v) is 11.9. The maximum Gasteiger partial charge on any atom is 0.473 e. The third-order valence-electron chi connectivity index (χ3n) is 6.40. The molecule has 2 N–H and O–H groups in total. The Labute approximate surface area is 224 Å². The molecule has 0 fully saturated rings. The average molecular weight is 558 g/mol. The molecule has 3 aromatic carbocycles. The molecule has 2 aliphatic rings. The van der Waals surface area contributed by atoms with Crippen molar-refractivity contribution in [2.75, 3.05) is 0 Å². The van der Waals surface area contributed by atoms with Crippen molar-refractivity contribution in [1.82, 2.24) is 20.9 Å². The summed E-state index contributed by atoms with van der Waals surface area (Å²) in [6, 6.07) is 20.5. The Hall–Kier alpha value is -4.74. The third-order valence-corrected chi connectivity index (χ3v) is 6.40. The smallest absolute Gasteiger partial charge is 0.295 e. The molecule has 3 aromatic rings. The number of alkyl halides is 6. The number of hydrogen-bond acceptors (Lipinski definition) is 4. The molecule has 2 amide bonds. The predicted molar refractivity (Wildman–Crippen MR) is 133 cm³/mol. The number of carbonyl (C=O) groups is 2. The van der Waals surface area contributed by atoms with Crippen molar-refractivity contribution >= 4 is 23.2 Å². The van der Waals surface area contributed by atoms with Crippen molar-refractivity contribution in [1.29, 1.82) is 0 Å². The zero-order valence-electron chi connectivity index (χ0n) is 20.4. The predicted octanol–water partition coefficient (Wildman–Crippen LogP) is 5.67. The van der Waals surface area contributed by atoms with Gasteiger partial charge >= 0.3 is 24.2 Å². The molecule has 0 bridgehead atoms. The van der Waals surface area contributed by atoms with E-state index >= 15 is 0 Å². The van der Waals surface area contributed by atoms with Crippen molar-refractivity contribution in [2.45, 2.75) is 24.4 Å². The van der Waals surface area contributed by atoms with Gasteiger partial charge in [-0.25, -0.2) is 10.0 Å². The van der Waals surface area contributed by atoms with E-state index in [1.807, 2.05) is 0 Å². The number of hydrazine groups is 2. The largest absolute Gasteiger partial charge is 0.473 e. The van der Waals surface area contributed by atoms with Crippen LogP contribution in [-0.4, -0.2) is 34.2 Å². The van der Waals surface area contributed by atoms with Crippen molar-refractivity contribution in [2.24, 2.45) is 0 Å². The van der Waals surface area contributed by atoms with Crippen LogP contribution in [0.5, 0.6) is 0 Å². The van der Waals surface area contributed by atoms with Crippen molar-refractivity contribution in [3.05, 3.63) is 119 Å². The molecule has 2 heterocycles. The first-order valence-electron chi connectivity index (χ1n) is 11.9. The van der Waals surface area contributed by atoms with Crippen LogP contribution in [-0.2, 0) is 9.59 Å². The van der Waals surface area contributed by atoms with Gasteiger partial charge in [-0.15, -0.1) is 0 Å². The zero-order valence-corrected chi connectivity index (χ0v) is 20.4. The van der Waals surface area contributed by atoms with Crippen LogP contribution in [0.3, 0.4) is 0 Å². The quantitative estimate of drug-likeness (QED) is 0.406. The van der Waals surface area contributed by atoms with Crippen LogP contribution in [0.2, 0.25) is 0 Å². The first-order chi connectivity index (χ1) is 18.9. The van der Waals surface area contributed by atoms with E-state index in [0.717, 1.165) is 0 Å². The van der Waals surface area contributed by atoms with Gasteiger partial charge in [-0.05, 0) is 34.4 Å². The maximum absolute atomic E-state index is 13.3. The lowest BCUT2D eigenvalue weighted by Crippen LogP contribution is -2.46. The molecule has 0 radical (unpaired) electrons. The molecule has 0 aromatic heterocycles. The van der Waals surface area contributed by atoms with Crippen molar-refractivity contribution in [3.63, 3.8) is 0 Å². The maximum atomic E-state index is 13.3. The van der Waals surface area contributed by atoms with Crippen LogP contribution >= 0.6 is 0 Å². The summed E-state index contributed by atoms with van der Waals surface area (Å²) in [4.78, 5) is 24.3. The highest BCUT2D eigenvalue weighted by Gasteiger charge is 2.48. The molecule has 2 atom stereocenters. The summed E-state index contributed by atoms with van der Waals surface area (Å²) in [6.07, 6.45) is -7.25. The third kappa shape index (κ3) is 5.24. The molecule has 0 saturated carbocycles. The fourth-order valence-corrected chi connectivity index (χ4v) is 4.51. The molecule has 5 rings (SSSR count). The summed E-state index contributed by atoms with van der Waals surface area (Å²) in [5.41, 5.74) is 7.33. The number of rotatable bonds is 4. The van der Waals surface area contributed by atoms with Gasteiger partial charge in [-0.1, -0.05) is 84.9 Å². The number of nitrogens with one attached hydrogen (secondary N) is 2. The Kier molecular flexibility index (Phi) is 6.78. The number of halogens is 6. The van der Waals surface area contributed by atoms with Crippen LogP contribution < -0.4 is 10.9 Å². The topological polar surface area (TPSA) is 64.7 Å². The van der Waals surface area contributed by atoms with Crippen LogP contribution in [0.4, 0.5) is 26.3 Å². The summed E-state index contributed by atoms with van der Waals surface area (Å²) in [5, 5.41) is 1.01. The van der Waals surface area contributed by atoms with Gasteiger partial charge in [-0.2, -0.15) is 26.3 Å². The number of carbonyl (C=O) groups excluding carboxylic acids is 2. The Morgan fingerprint density at radius 3 is 1.18 bits per heavy atom. The van der Waals surface area contributed by atoms with E-state index in [4.69, 9.17) is 0 Å². The molecule has 40 heavy (non-hydrogen) atoms. The van der Waals surface area contributed by atoms with Crippen LogP contribution in [0.25, 0.3) is 11.4 Å². The standard InChI is InChI=1S/C28H20F6N4O2/c29-27(30,31)25(39)37-23(19-7-3-1-4-8-19)15-21(35-37)17-11-13-18(14-12-17)22-16-24(20-9-5-2-6-10-20)38(36-22)26(40)28(32,33)34/h1-16,23-24,35-36H/t23-,24-/m1/s1. The summed E-state index contributed by atoms with van der Waals surface area (Å²) < 4.78 is 79.8. The normalized spacial score (nSPS) is 19.1. The molecule has 6 nitrogen and oxygen atoms in total. The Morgan fingerprint density at radius 1 is 0.550 bits per heavy atom. The number of nitrogens with zero attached hydrogens (tertiary/aromatic N) is 2. The highest BCUT2D eigenvalue weighted by atomic mass is 19.4. The van der Waals surface area contributed by atoms with E-state index in [2.05, 4.69) is 10.9 Å². The summed E-state index contributed by atoms with van der Waals surface area (Å²) in [6.45, 7) is 0. The molecule has 2 aliphatic heterocycles. The minimum absolute atomic E-state index is 0.238. The van der Waals surface area contributed by atoms with Gasteiger partial charge < -0.3 is 0 Å². The summed E-state index contributed by atoms with van der Waals surface area (Å²) in [7, 11) is 0. The molecule has 0 spiro atoms. The second-order valence-corrected chi connectivity index (χ2v) is 9.02. The second kappa shape index (κ2) is 10.1. The lowest BCUT2D eigenvalue weighted by molar-refractivity contribution is -0.189. The molecule has 0 aliphatic carbocycles. The molecule has 0 unspecified atom stereocenters. The molecule has 0 saturated heterocycles. The lowest BCUT2D eigenvalue weighted by atomic mass is 10.0. The number of amides is 2. The van der Waals surface area contributed by atoms with Gasteiger partial charge in [0.25, 0.3) is 0 Å². The number of hydrogen-bond donors (Lipinski definition) is 2. The van der Waals surface area contributed by atoms with Crippen LogP contribution in [0, 0.1) is 0 Å². The SMILES string of the molecule is O=C(N1NC(c2ccc(C3=C[C@H](c4ccccc4)N(C(=O)C(F)(F)F)N3)cc2)=C[C@@H]1c1ccccc1)C(F)(F)F. The molecular formula is C28H20F6N4O2. The van der Waals surface area contributed by atoms with E-state index in [1.165, 1.54) is 12.2 Å². The Bertz CT molecular complexity index is 1360. The fourth-order valence-electron chi connectivity index (χ4n) is 4.51. The molecule has 12 heteroatoms. The highest BCUT2D eigenvalue weighted by molar-refractivity contribution is 5.86. The second-order valence-electron chi connectivity index (χ2n) is 9.02. The van der Waals surface area contributed by atoms with E-state index in [-0.39, 0.29) is 11.4 Å². The van der Waals surface area contributed by atoms with E-state index in [9.17, 15) is 35.9 Å². The summed E-state index contributed by atoms with van der Waals surface area (Å²) in [5.74, 6) is -4.13. The van der Waals surface area contributed by atoms with Crippen molar-refractivity contribution < 1.29 is 35.9 Å². The van der Waals surface area contributed by atoms with Gasteiger partial charge in [0.15, 0.2) is 0 Å². The molecular weight excluding hydrogens is 538 g/mol. The van der Waals surface area contributed by atoms with Crippen LogP contribution in [0.1, 0.15) is 34.3 Å². The average Bonchev–Trinajstić information content (AvgIpc) is 3.58. The van der Waals surface area contributed by atoms with Gasteiger partial charge in [0.1, 0.15) is 0 Å². The van der Waals surface area contributed by atoms with Crippen molar-refractivity contribution in [3.8, 4) is 0 Å². The fraction of sp³-hybridized carbons (Fsp3) is 0.143. The Morgan fingerprint density at radius 2 is 0.875 bits per heavy atom. The highest BCUT2D eigenvalue weighted by Crippen LogP contribution is 2.36. The lowest BCUT2D eigenvalue weighted by Gasteiger charge is -2.26. The van der Waals surface area contributed by atoms with E-state index < -0.39 is 36.3 Å². The van der Waals surface area contributed by atoms with Gasteiger partial charge in [0.05, 0.1) is 23.5 Å². The van der Waals surface area contributed by atoms with E-state index in [0.29, 0.717) is 32.3 Å². The minimum atomic E-state index is -5.11. The van der Waals surface area contributed by atoms with Gasteiger partial charge in [-0.3, -0.25) is 20.4 Å². The van der Waals surface area contributed by atoms with Gasteiger partial charge in [0.2, 0.25) is 0 Å². The summed E-state index contributed by atoms with van der Waals surface area (Å²) >= 11 is 0. The Balaban J connectivity index is 1.43.